The summed E-state index contributed by atoms with van der Waals surface area (Å²) in [6.07, 6.45) is 0.911. The molecule has 30 heavy (non-hydrogen) atoms. The molecular weight excluding hydrogens is 420 g/mol. The Hall–Kier alpha value is -2.65. The second-order valence-electron chi connectivity index (χ2n) is 7.20. The molecule has 0 aliphatic rings. The highest BCUT2D eigenvalue weighted by Gasteiger charge is 2.15. The Morgan fingerprint density at radius 3 is 2.73 bits per heavy atom. The largest absolute Gasteiger partial charge is 0.497 e. The molecular formula is C21H22N4O3S2. The van der Waals surface area contributed by atoms with Crippen LogP contribution >= 0.6 is 23.1 Å². The summed E-state index contributed by atoms with van der Waals surface area (Å²) in [7, 11) is 1.63. The van der Waals surface area contributed by atoms with Gasteiger partial charge >= 0.3 is 0 Å². The van der Waals surface area contributed by atoms with Crippen molar-refractivity contribution in [2.24, 2.45) is 5.92 Å². The first-order chi connectivity index (χ1) is 14.5. The SMILES string of the molecule is COc1ccc(-c2noc(CSc3nc4ccsc4c(=O)n3CCC(C)C)n2)cc1. The van der Waals surface area contributed by atoms with E-state index < -0.39 is 0 Å². The van der Waals surface area contributed by atoms with Crippen molar-refractivity contribution < 1.29 is 9.26 Å². The average Bonchev–Trinajstić information content (AvgIpc) is 3.41. The predicted molar refractivity (Wildman–Crippen MR) is 119 cm³/mol. The predicted octanol–water partition coefficient (Wildman–Crippen LogP) is 4.86. The molecule has 9 heteroatoms. The maximum absolute atomic E-state index is 12.9. The number of hydrogen-bond acceptors (Lipinski definition) is 8. The van der Waals surface area contributed by atoms with Crippen molar-refractivity contribution in [2.45, 2.75) is 37.7 Å². The molecule has 3 heterocycles. The number of rotatable bonds is 8. The van der Waals surface area contributed by atoms with Gasteiger partial charge in [0.15, 0.2) is 5.16 Å². The number of hydrogen-bond donors (Lipinski definition) is 0. The third-order valence-corrected chi connectivity index (χ3v) is 6.45. The number of ether oxygens (including phenoxy) is 1. The van der Waals surface area contributed by atoms with Crippen LogP contribution in [0.5, 0.6) is 5.75 Å². The summed E-state index contributed by atoms with van der Waals surface area (Å²) < 4.78 is 13.1. The van der Waals surface area contributed by atoms with Gasteiger partial charge in [0.25, 0.3) is 5.56 Å². The highest BCUT2D eigenvalue weighted by atomic mass is 32.2. The maximum Gasteiger partial charge on any atom is 0.272 e. The summed E-state index contributed by atoms with van der Waals surface area (Å²) in [6.45, 7) is 4.93. The normalized spacial score (nSPS) is 11.5. The molecule has 0 saturated heterocycles. The molecule has 0 N–H and O–H groups in total. The third kappa shape index (κ3) is 4.41. The van der Waals surface area contributed by atoms with Crippen molar-refractivity contribution >= 4 is 33.3 Å². The third-order valence-electron chi connectivity index (χ3n) is 4.60. The van der Waals surface area contributed by atoms with E-state index in [1.165, 1.54) is 23.1 Å². The van der Waals surface area contributed by atoms with E-state index >= 15 is 0 Å². The molecule has 0 radical (unpaired) electrons. The lowest BCUT2D eigenvalue weighted by Gasteiger charge is -2.12. The van der Waals surface area contributed by atoms with Gasteiger partial charge in [-0.25, -0.2) is 4.98 Å². The molecule has 4 rings (SSSR count). The van der Waals surface area contributed by atoms with E-state index in [0.717, 1.165) is 23.3 Å². The van der Waals surface area contributed by atoms with Crippen LogP contribution in [-0.2, 0) is 12.3 Å². The molecule has 0 saturated carbocycles. The summed E-state index contributed by atoms with van der Waals surface area (Å²) in [6, 6.07) is 9.36. The van der Waals surface area contributed by atoms with Crippen LogP contribution in [0.3, 0.4) is 0 Å². The van der Waals surface area contributed by atoms with Crippen LogP contribution in [0.25, 0.3) is 21.6 Å². The van der Waals surface area contributed by atoms with Crippen molar-refractivity contribution in [1.29, 1.82) is 0 Å². The second kappa shape index (κ2) is 9.01. The van der Waals surface area contributed by atoms with Gasteiger partial charge in [-0.05, 0) is 48.1 Å². The van der Waals surface area contributed by atoms with Crippen LogP contribution in [-0.4, -0.2) is 26.8 Å². The number of nitrogens with zero attached hydrogens (tertiary/aromatic N) is 4. The highest BCUT2D eigenvalue weighted by molar-refractivity contribution is 7.98. The van der Waals surface area contributed by atoms with Gasteiger partial charge in [0.1, 0.15) is 10.4 Å². The van der Waals surface area contributed by atoms with Crippen LogP contribution in [0.4, 0.5) is 0 Å². The highest BCUT2D eigenvalue weighted by Crippen LogP contribution is 2.26. The maximum atomic E-state index is 12.9. The van der Waals surface area contributed by atoms with E-state index in [-0.39, 0.29) is 5.56 Å². The summed E-state index contributed by atoms with van der Waals surface area (Å²) >= 11 is 2.87. The molecule has 1 aromatic carbocycles. The summed E-state index contributed by atoms with van der Waals surface area (Å²) in [5, 5.41) is 6.65. The fourth-order valence-electron chi connectivity index (χ4n) is 2.92. The topological polar surface area (TPSA) is 83.0 Å². The van der Waals surface area contributed by atoms with Gasteiger partial charge < -0.3 is 9.26 Å². The first kappa shape index (κ1) is 20.6. The molecule has 0 amide bonds. The van der Waals surface area contributed by atoms with Crippen LogP contribution < -0.4 is 10.3 Å². The zero-order valence-corrected chi connectivity index (χ0v) is 18.6. The summed E-state index contributed by atoms with van der Waals surface area (Å²) in [4.78, 5) is 22.1. The quantitative estimate of drug-likeness (QED) is 0.285. The van der Waals surface area contributed by atoms with Crippen LogP contribution in [0.2, 0.25) is 0 Å². The van der Waals surface area contributed by atoms with E-state index in [2.05, 4.69) is 24.0 Å². The fourth-order valence-corrected chi connectivity index (χ4v) is 4.56. The van der Waals surface area contributed by atoms with E-state index in [0.29, 0.717) is 39.8 Å². The molecule has 0 fully saturated rings. The van der Waals surface area contributed by atoms with E-state index in [1.54, 1.807) is 11.7 Å². The lowest BCUT2D eigenvalue weighted by Crippen LogP contribution is -2.23. The molecule has 0 aliphatic carbocycles. The van der Waals surface area contributed by atoms with Crippen molar-refractivity contribution in [1.82, 2.24) is 19.7 Å². The fraction of sp³-hybridized carbons (Fsp3) is 0.333. The molecule has 156 valence electrons. The molecule has 0 unspecified atom stereocenters. The lowest BCUT2D eigenvalue weighted by molar-refractivity contribution is 0.391. The monoisotopic (exact) mass is 442 g/mol. The first-order valence-corrected chi connectivity index (χ1v) is 11.5. The van der Waals surface area contributed by atoms with Gasteiger partial charge in [-0.15, -0.1) is 11.3 Å². The van der Waals surface area contributed by atoms with E-state index in [9.17, 15) is 4.79 Å². The van der Waals surface area contributed by atoms with Crippen molar-refractivity contribution in [3.8, 4) is 17.1 Å². The lowest BCUT2D eigenvalue weighted by atomic mass is 10.1. The van der Waals surface area contributed by atoms with Crippen LogP contribution in [0.15, 0.2) is 50.2 Å². The Bertz CT molecular complexity index is 1200. The van der Waals surface area contributed by atoms with Gasteiger partial charge in [0.05, 0.1) is 18.4 Å². The molecule has 4 aromatic rings. The van der Waals surface area contributed by atoms with Crippen LogP contribution in [0, 0.1) is 5.92 Å². The Morgan fingerprint density at radius 2 is 2.00 bits per heavy atom. The van der Waals surface area contributed by atoms with Gasteiger partial charge in [-0.1, -0.05) is 30.8 Å². The number of methoxy groups -OCH3 is 1. The van der Waals surface area contributed by atoms with E-state index in [1.807, 2.05) is 35.7 Å². The standard InChI is InChI=1S/C21H22N4O3S2/c1-13(2)8-10-25-20(26)18-16(9-11-29-18)22-21(25)30-12-17-23-19(24-28-17)14-4-6-15(27-3)7-5-14/h4-7,9,11,13H,8,10,12H2,1-3H3. The molecule has 0 atom stereocenters. The number of aromatic nitrogens is 4. The first-order valence-electron chi connectivity index (χ1n) is 9.63. The molecule has 0 spiro atoms. The minimum Gasteiger partial charge on any atom is -0.497 e. The van der Waals surface area contributed by atoms with Gasteiger partial charge in [-0.2, -0.15) is 4.98 Å². The van der Waals surface area contributed by atoms with Crippen molar-refractivity contribution in [3.63, 3.8) is 0 Å². The molecule has 0 bridgehead atoms. The second-order valence-corrected chi connectivity index (χ2v) is 9.06. The van der Waals surface area contributed by atoms with Gasteiger partial charge in [-0.3, -0.25) is 9.36 Å². The summed E-state index contributed by atoms with van der Waals surface area (Å²) in [5.74, 6) is 2.71. The Morgan fingerprint density at radius 1 is 1.20 bits per heavy atom. The Kier molecular flexibility index (Phi) is 6.19. The average molecular weight is 443 g/mol. The number of thioether (sulfide) groups is 1. The van der Waals surface area contributed by atoms with Crippen molar-refractivity contribution in [3.05, 3.63) is 52.0 Å². The number of fused-ring (bicyclic) bond motifs is 1. The molecule has 7 nitrogen and oxygen atoms in total. The van der Waals surface area contributed by atoms with Crippen LogP contribution in [0.1, 0.15) is 26.2 Å². The summed E-state index contributed by atoms with van der Waals surface area (Å²) in [5.41, 5.74) is 1.60. The smallest absolute Gasteiger partial charge is 0.272 e. The number of benzene rings is 1. The Labute approximate surface area is 182 Å². The zero-order chi connectivity index (χ0) is 21.1. The zero-order valence-electron chi connectivity index (χ0n) is 17.0. The van der Waals surface area contributed by atoms with Gasteiger partial charge in [0, 0.05) is 12.1 Å². The molecule has 0 aliphatic heterocycles. The Balaban J connectivity index is 1.55. The molecule has 3 aromatic heterocycles. The van der Waals surface area contributed by atoms with E-state index in [4.69, 9.17) is 14.2 Å². The number of thiophene rings is 1. The minimum absolute atomic E-state index is 0.0163. The van der Waals surface area contributed by atoms with Gasteiger partial charge in [0.2, 0.25) is 11.7 Å². The van der Waals surface area contributed by atoms with Crippen molar-refractivity contribution in [2.75, 3.05) is 7.11 Å². The minimum atomic E-state index is 0.0163.